The molecule has 0 radical (unpaired) electrons. The van der Waals surface area contributed by atoms with Crippen LogP contribution in [-0.4, -0.2) is 19.1 Å². The van der Waals surface area contributed by atoms with E-state index < -0.39 is 0 Å². The normalized spacial score (nSPS) is 11.4. The molecule has 0 fully saturated rings. The SMILES string of the molecule is Brc1cc(-c2nc3ccccc3n2-c2ccccc2)cc(-c2nc3ccccc3n2-c2ccccc2)c1. The monoisotopic (exact) mass is 540 g/mol. The number of hydrogen-bond acceptors (Lipinski definition) is 2. The van der Waals surface area contributed by atoms with Crippen LogP contribution in [-0.2, 0) is 0 Å². The van der Waals surface area contributed by atoms with E-state index in [9.17, 15) is 0 Å². The van der Waals surface area contributed by atoms with Crippen LogP contribution in [0.15, 0.2) is 132 Å². The summed E-state index contributed by atoms with van der Waals surface area (Å²) in [5.74, 6) is 1.77. The molecule has 0 spiro atoms. The van der Waals surface area contributed by atoms with Crippen molar-refractivity contribution in [2.24, 2.45) is 0 Å². The first-order valence-electron chi connectivity index (χ1n) is 12.1. The summed E-state index contributed by atoms with van der Waals surface area (Å²) in [7, 11) is 0. The second kappa shape index (κ2) is 8.87. The van der Waals surface area contributed by atoms with Gasteiger partial charge in [0.1, 0.15) is 11.6 Å². The molecule has 0 N–H and O–H groups in total. The zero-order valence-corrected chi connectivity index (χ0v) is 21.4. The predicted molar refractivity (Wildman–Crippen MR) is 154 cm³/mol. The number of imidazole rings is 2. The van der Waals surface area contributed by atoms with Gasteiger partial charge in [-0.3, -0.25) is 9.13 Å². The first-order valence-corrected chi connectivity index (χ1v) is 12.9. The molecule has 7 rings (SSSR count). The van der Waals surface area contributed by atoms with Crippen molar-refractivity contribution in [2.45, 2.75) is 0 Å². The van der Waals surface area contributed by atoms with Gasteiger partial charge in [0.05, 0.1) is 22.1 Å². The van der Waals surface area contributed by atoms with E-state index >= 15 is 0 Å². The Morgan fingerprint density at radius 3 is 1.32 bits per heavy atom. The topological polar surface area (TPSA) is 35.6 Å². The Balaban J connectivity index is 1.49. The van der Waals surface area contributed by atoms with Crippen LogP contribution in [0.3, 0.4) is 0 Å². The summed E-state index contributed by atoms with van der Waals surface area (Å²) in [4.78, 5) is 10.1. The van der Waals surface area contributed by atoms with Crippen molar-refractivity contribution in [3.8, 4) is 34.2 Å². The lowest BCUT2D eigenvalue weighted by Crippen LogP contribution is -1.99. The summed E-state index contributed by atoms with van der Waals surface area (Å²) in [5, 5.41) is 0. The average molecular weight is 541 g/mol. The van der Waals surface area contributed by atoms with Crippen molar-refractivity contribution in [2.75, 3.05) is 0 Å². The summed E-state index contributed by atoms with van der Waals surface area (Å²) >= 11 is 3.78. The molecule has 37 heavy (non-hydrogen) atoms. The number of rotatable bonds is 4. The van der Waals surface area contributed by atoms with Crippen molar-refractivity contribution in [3.63, 3.8) is 0 Å². The molecule has 0 atom stereocenters. The number of aromatic nitrogens is 4. The zero-order chi connectivity index (χ0) is 24.8. The van der Waals surface area contributed by atoms with Gasteiger partial charge in [0.2, 0.25) is 0 Å². The van der Waals surface area contributed by atoms with E-state index in [4.69, 9.17) is 9.97 Å². The van der Waals surface area contributed by atoms with Gasteiger partial charge in [-0.2, -0.15) is 0 Å². The average Bonchev–Trinajstić information content (AvgIpc) is 3.53. The highest BCUT2D eigenvalue weighted by molar-refractivity contribution is 9.10. The van der Waals surface area contributed by atoms with E-state index in [2.05, 4.69) is 128 Å². The van der Waals surface area contributed by atoms with Crippen molar-refractivity contribution in [3.05, 3.63) is 132 Å². The van der Waals surface area contributed by atoms with Crippen molar-refractivity contribution >= 4 is 38.0 Å². The third kappa shape index (κ3) is 3.76. The fourth-order valence-corrected chi connectivity index (χ4v) is 5.46. The molecule has 0 aliphatic heterocycles. The van der Waals surface area contributed by atoms with Gasteiger partial charge in [0.25, 0.3) is 0 Å². The van der Waals surface area contributed by atoms with E-state index in [-0.39, 0.29) is 0 Å². The number of nitrogens with zero attached hydrogens (tertiary/aromatic N) is 4. The maximum atomic E-state index is 5.07. The van der Waals surface area contributed by atoms with E-state index in [0.29, 0.717) is 0 Å². The van der Waals surface area contributed by atoms with E-state index in [1.807, 2.05) is 24.3 Å². The highest BCUT2D eigenvalue weighted by atomic mass is 79.9. The predicted octanol–water partition coefficient (Wildman–Crippen LogP) is 8.46. The maximum absolute atomic E-state index is 5.07. The fourth-order valence-electron chi connectivity index (χ4n) is 4.96. The molecule has 0 aliphatic rings. The molecule has 0 saturated carbocycles. The quantitative estimate of drug-likeness (QED) is 0.224. The van der Waals surface area contributed by atoms with Gasteiger partial charge in [-0.1, -0.05) is 76.6 Å². The second-order valence-corrected chi connectivity index (χ2v) is 9.83. The van der Waals surface area contributed by atoms with Crippen LogP contribution in [0.1, 0.15) is 0 Å². The zero-order valence-electron chi connectivity index (χ0n) is 19.8. The molecule has 5 heteroatoms. The molecule has 2 heterocycles. The molecule has 5 aromatic carbocycles. The van der Waals surface area contributed by atoms with Crippen molar-refractivity contribution < 1.29 is 0 Å². The number of fused-ring (bicyclic) bond motifs is 2. The molecule has 4 nitrogen and oxygen atoms in total. The Hall–Kier alpha value is -4.48. The van der Waals surface area contributed by atoms with Gasteiger partial charge in [-0.15, -0.1) is 0 Å². The largest absolute Gasteiger partial charge is 0.292 e. The minimum absolute atomic E-state index is 0.886. The second-order valence-electron chi connectivity index (χ2n) is 8.92. The summed E-state index contributed by atoms with van der Waals surface area (Å²) in [6.45, 7) is 0. The fraction of sp³-hybridized carbons (Fsp3) is 0. The van der Waals surface area contributed by atoms with Gasteiger partial charge < -0.3 is 0 Å². The molecule has 0 unspecified atom stereocenters. The summed E-state index contributed by atoms with van der Waals surface area (Å²) in [6.07, 6.45) is 0. The van der Waals surface area contributed by atoms with Crippen LogP contribution >= 0.6 is 15.9 Å². The van der Waals surface area contributed by atoms with E-state index in [1.54, 1.807) is 0 Å². The Morgan fingerprint density at radius 2 is 0.865 bits per heavy atom. The molecule has 2 aromatic heterocycles. The van der Waals surface area contributed by atoms with Crippen LogP contribution < -0.4 is 0 Å². The molecular weight excluding hydrogens is 520 g/mol. The molecule has 7 aromatic rings. The number of para-hydroxylation sites is 6. The lowest BCUT2D eigenvalue weighted by Gasteiger charge is -2.13. The Labute approximate surface area is 222 Å². The first-order chi connectivity index (χ1) is 18.3. The molecule has 0 bridgehead atoms. The third-order valence-corrected chi connectivity index (χ3v) is 7.02. The lowest BCUT2D eigenvalue weighted by molar-refractivity contribution is 1.09. The van der Waals surface area contributed by atoms with Gasteiger partial charge >= 0.3 is 0 Å². The van der Waals surface area contributed by atoms with Gasteiger partial charge in [-0.05, 0) is 66.7 Å². The van der Waals surface area contributed by atoms with Gasteiger partial charge in [0, 0.05) is 27.0 Å². The molecule has 0 saturated heterocycles. The Bertz CT molecular complexity index is 1750. The van der Waals surface area contributed by atoms with Crippen molar-refractivity contribution in [1.29, 1.82) is 0 Å². The number of hydrogen-bond donors (Lipinski definition) is 0. The first kappa shape index (κ1) is 21.8. The highest BCUT2D eigenvalue weighted by Crippen LogP contribution is 2.35. The minimum Gasteiger partial charge on any atom is -0.292 e. The molecule has 0 aliphatic carbocycles. The van der Waals surface area contributed by atoms with Crippen LogP contribution in [0, 0.1) is 0 Å². The Morgan fingerprint density at radius 1 is 0.459 bits per heavy atom. The Kier molecular flexibility index (Phi) is 5.22. The van der Waals surface area contributed by atoms with Crippen LogP contribution in [0.4, 0.5) is 0 Å². The minimum atomic E-state index is 0.886. The lowest BCUT2D eigenvalue weighted by atomic mass is 10.1. The standard InChI is InChI=1S/C32H21BrN4/c33-24-20-22(31-34-27-15-7-9-17-29(27)36(31)25-11-3-1-4-12-25)19-23(21-24)32-35-28-16-8-10-18-30(28)37(32)26-13-5-2-6-14-26/h1-21H. The van der Waals surface area contributed by atoms with Crippen LogP contribution in [0.25, 0.3) is 56.2 Å². The molecular formula is C32H21BrN4. The van der Waals surface area contributed by atoms with Gasteiger partial charge in [-0.25, -0.2) is 9.97 Å². The van der Waals surface area contributed by atoms with Crippen LogP contribution in [0.5, 0.6) is 0 Å². The maximum Gasteiger partial charge on any atom is 0.145 e. The van der Waals surface area contributed by atoms with Crippen molar-refractivity contribution in [1.82, 2.24) is 19.1 Å². The van der Waals surface area contributed by atoms with Gasteiger partial charge in [0.15, 0.2) is 0 Å². The summed E-state index contributed by atoms with van der Waals surface area (Å²) in [6, 6.07) is 43.7. The van der Waals surface area contributed by atoms with Crippen LogP contribution in [0.2, 0.25) is 0 Å². The molecule has 0 amide bonds. The number of halogens is 1. The smallest absolute Gasteiger partial charge is 0.145 e. The number of benzene rings is 5. The van der Waals surface area contributed by atoms with E-state index in [1.165, 1.54) is 0 Å². The van der Waals surface area contributed by atoms with E-state index in [0.717, 1.165) is 60.7 Å². The highest BCUT2D eigenvalue weighted by Gasteiger charge is 2.19. The molecule has 176 valence electrons. The third-order valence-electron chi connectivity index (χ3n) is 6.56. The summed E-state index contributed by atoms with van der Waals surface area (Å²) < 4.78 is 5.42. The summed E-state index contributed by atoms with van der Waals surface area (Å²) in [5.41, 5.74) is 8.22.